The van der Waals surface area contributed by atoms with Gasteiger partial charge in [0.25, 0.3) is 5.56 Å². The van der Waals surface area contributed by atoms with Gasteiger partial charge < -0.3 is 9.80 Å². The lowest BCUT2D eigenvalue weighted by Gasteiger charge is -2.32. The van der Waals surface area contributed by atoms with Gasteiger partial charge in [-0.2, -0.15) is 0 Å². The maximum Gasteiger partial charge on any atom is 0.261 e. The number of piperazine rings is 1. The molecule has 0 unspecified atom stereocenters. The van der Waals surface area contributed by atoms with Gasteiger partial charge in [0.2, 0.25) is 0 Å². The number of rotatable bonds is 2. The average molecular weight is 394 g/mol. The number of hydrogen-bond donors (Lipinski definition) is 1. The molecule has 2 aliphatic rings. The SMILES string of the molecule is O=c1c2ccccc2nc2n1CC/C2=C/[NH+]1CCN(c2ccc(Cl)cc2)CC1. The van der Waals surface area contributed by atoms with E-state index < -0.39 is 0 Å². The summed E-state index contributed by atoms with van der Waals surface area (Å²) in [6.45, 7) is 4.79. The molecular weight excluding hydrogens is 372 g/mol. The van der Waals surface area contributed by atoms with Gasteiger partial charge in [-0.15, -0.1) is 0 Å². The smallest absolute Gasteiger partial charge is 0.261 e. The van der Waals surface area contributed by atoms with Crippen molar-refractivity contribution in [2.75, 3.05) is 31.1 Å². The monoisotopic (exact) mass is 393 g/mol. The molecule has 0 amide bonds. The summed E-state index contributed by atoms with van der Waals surface area (Å²) in [4.78, 5) is 21.4. The van der Waals surface area contributed by atoms with Crippen molar-refractivity contribution in [2.45, 2.75) is 13.0 Å². The van der Waals surface area contributed by atoms with Crippen LogP contribution in [0.25, 0.3) is 16.5 Å². The van der Waals surface area contributed by atoms with Crippen molar-refractivity contribution in [3.63, 3.8) is 0 Å². The van der Waals surface area contributed by atoms with Crippen molar-refractivity contribution >= 4 is 33.8 Å². The number of halogens is 1. The van der Waals surface area contributed by atoms with E-state index in [0.717, 1.165) is 55.5 Å². The summed E-state index contributed by atoms with van der Waals surface area (Å²) in [5, 5.41) is 1.48. The van der Waals surface area contributed by atoms with E-state index in [4.69, 9.17) is 16.6 Å². The van der Waals surface area contributed by atoms with Crippen LogP contribution in [0.2, 0.25) is 5.02 Å². The Bertz CT molecular complexity index is 1110. The Labute approximate surface area is 168 Å². The van der Waals surface area contributed by atoms with Gasteiger partial charge in [0, 0.05) is 22.8 Å². The van der Waals surface area contributed by atoms with Crippen molar-refractivity contribution in [3.8, 4) is 0 Å². The summed E-state index contributed by atoms with van der Waals surface area (Å²) in [5.74, 6) is 0.844. The highest BCUT2D eigenvalue weighted by atomic mass is 35.5. The van der Waals surface area contributed by atoms with Crippen LogP contribution < -0.4 is 15.4 Å². The molecule has 2 aliphatic heterocycles. The largest absolute Gasteiger partial charge is 0.360 e. The fourth-order valence-electron chi connectivity index (χ4n) is 4.20. The number of nitrogens with zero attached hydrogens (tertiary/aromatic N) is 3. The van der Waals surface area contributed by atoms with E-state index in [1.807, 2.05) is 41.0 Å². The number of hydrogen-bond acceptors (Lipinski definition) is 3. The predicted molar refractivity (Wildman–Crippen MR) is 113 cm³/mol. The molecule has 0 bridgehead atoms. The molecule has 5 rings (SSSR count). The van der Waals surface area contributed by atoms with E-state index in [0.29, 0.717) is 5.39 Å². The molecule has 0 radical (unpaired) electrons. The molecule has 2 aromatic carbocycles. The summed E-state index contributed by atoms with van der Waals surface area (Å²) < 4.78 is 1.83. The summed E-state index contributed by atoms with van der Waals surface area (Å²) in [6, 6.07) is 15.7. The molecule has 142 valence electrons. The standard InChI is InChI=1S/C22H21ClN4O/c23-17-5-7-18(8-6-17)26-13-11-25(12-14-26)15-16-9-10-27-21(16)24-20-4-2-1-3-19(20)22(27)28/h1-8,15H,9-14H2/p+1/b16-15-. The van der Waals surface area contributed by atoms with Crippen LogP contribution in [0.15, 0.2) is 59.5 Å². The highest BCUT2D eigenvalue weighted by Crippen LogP contribution is 2.24. The third kappa shape index (κ3) is 3.11. The molecule has 1 N–H and O–H groups in total. The second-order valence-electron chi connectivity index (χ2n) is 7.45. The topological polar surface area (TPSA) is 42.6 Å². The van der Waals surface area contributed by atoms with E-state index in [-0.39, 0.29) is 5.56 Å². The fourth-order valence-corrected chi connectivity index (χ4v) is 4.32. The van der Waals surface area contributed by atoms with Crippen molar-refractivity contribution in [1.82, 2.24) is 9.55 Å². The molecule has 6 heteroatoms. The Morgan fingerprint density at radius 2 is 1.75 bits per heavy atom. The lowest BCUT2D eigenvalue weighted by atomic mass is 10.2. The number of allylic oxidation sites excluding steroid dienone is 1. The minimum atomic E-state index is 0.0755. The fraction of sp³-hybridized carbons (Fsp3) is 0.273. The highest BCUT2D eigenvalue weighted by Gasteiger charge is 2.25. The molecule has 1 saturated heterocycles. The van der Waals surface area contributed by atoms with Gasteiger partial charge in [0.15, 0.2) is 0 Å². The van der Waals surface area contributed by atoms with Gasteiger partial charge in [-0.05, 0) is 42.8 Å². The predicted octanol–water partition coefficient (Wildman–Crippen LogP) is 2.20. The van der Waals surface area contributed by atoms with E-state index in [1.165, 1.54) is 16.2 Å². The number of nitrogens with one attached hydrogen (secondary N) is 1. The number of quaternary nitrogens is 1. The van der Waals surface area contributed by atoms with Crippen LogP contribution in [0, 0.1) is 0 Å². The molecule has 0 spiro atoms. The summed E-state index contributed by atoms with van der Waals surface area (Å²) in [6.07, 6.45) is 3.17. The molecule has 0 aliphatic carbocycles. The van der Waals surface area contributed by atoms with E-state index in [1.54, 1.807) is 0 Å². The molecule has 1 aromatic heterocycles. The lowest BCUT2D eigenvalue weighted by Crippen LogP contribution is -3.10. The Morgan fingerprint density at radius 3 is 2.54 bits per heavy atom. The van der Waals surface area contributed by atoms with Crippen LogP contribution in [-0.4, -0.2) is 35.7 Å². The van der Waals surface area contributed by atoms with Gasteiger partial charge >= 0.3 is 0 Å². The molecule has 5 nitrogen and oxygen atoms in total. The Morgan fingerprint density at radius 1 is 1.00 bits per heavy atom. The molecule has 1 fully saturated rings. The van der Waals surface area contributed by atoms with Crippen molar-refractivity contribution in [2.24, 2.45) is 0 Å². The van der Waals surface area contributed by atoms with Gasteiger partial charge in [-0.3, -0.25) is 9.36 Å². The summed E-state index contributed by atoms with van der Waals surface area (Å²) in [7, 11) is 0. The number of benzene rings is 2. The third-order valence-electron chi connectivity index (χ3n) is 5.73. The maximum absolute atomic E-state index is 12.8. The first kappa shape index (κ1) is 17.5. The minimum absolute atomic E-state index is 0.0755. The van der Waals surface area contributed by atoms with Crippen LogP contribution in [0.4, 0.5) is 5.69 Å². The first-order valence-corrected chi connectivity index (χ1v) is 10.1. The Balaban J connectivity index is 1.36. The highest BCUT2D eigenvalue weighted by molar-refractivity contribution is 6.30. The Hall–Kier alpha value is -2.63. The third-order valence-corrected chi connectivity index (χ3v) is 5.98. The van der Waals surface area contributed by atoms with Gasteiger partial charge in [0.1, 0.15) is 12.0 Å². The van der Waals surface area contributed by atoms with Crippen LogP contribution in [0.1, 0.15) is 12.2 Å². The Kier molecular flexibility index (Phi) is 4.41. The second kappa shape index (κ2) is 7.08. The van der Waals surface area contributed by atoms with Gasteiger partial charge in [0.05, 0.1) is 37.1 Å². The zero-order valence-electron chi connectivity index (χ0n) is 15.6. The zero-order chi connectivity index (χ0) is 19.1. The van der Waals surface area contributed by atoms with Crippen LogP contribution >= 0.6 is 11.6 Å². The molecule has 28 heavy (non-hydrogen) atoms. The number of fused-ring (bicyclic) bond motifs is 2. The van der Waals surface area contributed by atoms with Crippen LogP contribution in [-0.2, 0) is 6.54 Å². The molecule has 0 saturated carbocycles. The molecule has 0 atom stereocenters. The maximum atomic E-state index is 12.8. The normalized spacial score (nSPS) is 18.8. The number of anilines is 1. The van der Waals surface area contributed by atoms with Gasteiger partial charge in [-0.1, -0.05) is 23.7 Å². The summed E-state index contributed by atoms with van der Waals surface area (Å²) in [5.41, 5.74) is 3.28. The first-order chi connectivity index (χ1) is 13.7. The number of aromatic nitrogens is 2. The number of para-hydroxylation sites is 1. The van der Waals surface area contributed by atoms with E-state index >= 15 is 0 Å². The molecular formula is C22H22ClN4O+. The van der Waals surface area contributed by atoms with Gasteiger partial charge in [-0.25, -0.2) is 4.98 Å². The lowest BCUT2D eigenvalue weighted by molar-refractivity contribution is -0.847. The van der Waals surface area contributed by atoms with Crippen molar-refractivity contribution in [3.05, 3.63) is 75.9 Å². The van der Waals surface area contributed by atoms with E-state index in [2.05, 4.69) is 23.2 Å². The average Bonchev–Trinajstić information content (AvgIpc) is 3.12. The first-order valence-electron chi connectivity index (χ1n) is 9.75. The second-order valence-corrected chi connectivity index (χ2v) is 7.89. The minimum Gasteiger partial charge on any atom is -0.360 e. The van der Waals surface area contributed by atoms with Crippen LogP contribution in [0.3, 0.4) is 0 Å². The van der Waals surface area contributed by atoms with Crippen molar-refractivity contribution in [1.29, 1.82) is 0 Å². The van der Waals surface area contributed by atoms with Crippen molar-refractivity contribution < 1.29 is 4.90 Å². The zero-order valence-corrected chi connectivity index (χ0v) is 16.3. The quantitative estimate of drug-likeness (QED) is 0.725. The summed E-state index contributed by atoms with van der Waals surface area (Å²) >= 11 is 6.00. The molecule has 3 aromatic rings. The van der Waals surface area contributed by atoms with Crippen LogP contribution in [0.5, 0.6) is 0 Å². The molecule has 3 heterocycles. The van der Waals surface area contributed by atoms with E-state index in [9.17, 15) is 4.79 Å².